The number of carbonyl (C=O) groups is 1. The van der Waals surface area contributed by atoms with Crippen LogP contribution in [0.25, 0.3) is 0 Å². The maximum atomic E-state index is 11.3. The van der Waals surface area contributed by atoms with Crippen LogP contribution >= 0.6 is 0 Å². The molecule has 0 fully saturated rings. The minimum Gasteiger partial charge on any atom is -0.480 e. The van der Waals surface area contributed by atoms with Gasteiger partial charge in [0.25, 0.3) is 5.91 Å². The largest absolute Gasteiger partial charge is 0.480 e. The van der Waals surface area contributed by atoms with Crippen LogP contribution in [0.5, 0.6) is 5.88 Å². The van der Waals surface area contributed by atoms with Gasteiger partial charge in [0, 0.05) is 12.2 Å². The molecule has 1 amide bonds. The number of amides is 1. The van der Waals surface area contributed by atoms with E-state index >= 15 is 0 Å². The van der Waals surface area contributed by atoms with Crippen molar-refractivity contribution in [3.05, 3.63) is 47.7 Å². The molecule has 6 nitrogen and oxygen atoms in total. The van der Waals surface area contributed by atoms with Crippen LogP contribution in [0.4, 0.5) is 11.4 Å². The Morgan fingerprint density at radius 2 is 2.05 bits per heavy atom. The highest BCUT2D eigenvalue weighted by Gasteiger charge is 2.11. The van der Waals surface area contributed by atoms with E-state index in [4.69, 9.17) is 16.2 Å². The SMILES string of the molecule is COc1ncc(NCc2ccc(N)cc2)cc1C(N)=O. The molecule has 0 aliphatic heterocycles. The van der Waals surface area contributed by atoms with Crippen molar-refractivity contribution in [2.75, 3.05) is 18.2 Å². The molecule has 1 heterocycles. The van der Waals surface area contributed by atoms with Crippen molar-refractivity contribution in [3.63, 3.8) is 0 Å². The third-order valence-electron chi connectivity index (χ3n) is 2.79. The van der Waals surface area contributed by atoms with Gasteiger partial charge in [-0.1, -0.05) is 12.1 Å². The van der Waals surface area contributed by atoms with E-state index in [0.29, 0.717) is 12.2 Å². The van der Waals surface area contributed by atoms with Crippen molar-refractivity contribution >= 4 is 17.3 Å². The minimum absolute atomic E-state index is 0.218. The van der Waals surface area contributed by atoms with Gasteiger partial charge in [0.15, 0.2) is 0 Å². The number of carbonyl (C=O) groups excluding carboxylic acids is 1. The zero-order valence-corrected chi connectivity index (χ0v) is 11.1. The molecule has 2 aromatic rings. The third-order valence-corrected chi connectivity index (χ3v) is 2.79. The number of nitrogens with one attached hydrogen (secondary N) is 1. The zero-order valence-electron chi connectivity index (χ0n) is 11.1. The van der Waals surface area contributed by atoms with Gasteiger partial charge in [0.1, 0.15) is 5.56 Å². The number of benzene rings is 1. The zero-order chi connectivity index (χ0) is 14.5. The number of nitrogens with two attached hydrogens (primary N) is 2. The van der Waals surface area contributed by atoms with Gasteiger partial charge in [-0.2, -0.15) is 0 Å². The summed E-state index contributed by atoms with van der Waals surface area (Å²) in [5, 5.41) is 3.16. The van der Waals surface area contributed by atoms with E-state index in [1.54, 1.807) is 12.3 Å². The Labute approximate surface area is 116 Å². The Morgan fingerprint density at radius 1 is 1.35 bits per heavy atom. The Bertz CT molecular complexity index is 611. The molecule has 6 heteroatoms. The number of methoxy groups -OCH3 is 1. The van der Waals surface area contributed by atoms with Crippen LogP contribution in [0.3, 0.4) is 0 Å². The minimum atomic E-state index is -0.578. The summed E-state index contributed by atoms with van der Waals surface area (Å²) < 4.78 is 4.98. The van der Waals surface area contributed by atoms with Crippen molar-refractivity contribution in [2.45, 2.75) is 6.54 Å². The highest BCUT2D eigenvalue weighted by Crippen LogP contribution is 2.19. The quantitative estimate of drug-likeness (QED) is 0.713. The molecule has 0 saturated carbocycles. The number of hydrogen-bond acceptors (Lipinski definition) is 5. The van der Waals surface area contributed by atoms with Gasteiger partial charge >= 0.3 is 0 Å². The molecule has 0 aliphatic rings. The van der Waals surface area contributed by atoms with Crippen LogP contribution in [0, 0.1) is 0 Å². The van der Waals surface area contributed by atoms with Crippen LogP contribution in [0.2, 0.25) is 0 Å². The molecule has 5 N–H and O–H groups in total. The number of aromatic nitrogens is 1. The maximum absolute atomic E-state index is 11.3. The van der Waals surface area contributed by atoms with Crippen LogP contribution in [-0.2, 0) is 6.54 Å². The fourth-order valence-corrected chi connectivity index (χ4v) is 1.73. The average Bonchev–Trinajstić information content (AvgIpc) is 2.46. The van der Waals surface area contributed by atoms with Gasteiger partial charge in [-0.3, -0.25) is 4.79 Å². The average molecular weight is 272 g/mol. The molecule has 0 bridgehead atoms. The first-order valence-corrected chi connectivity index (χ1v) is 6.02. The lowest BCUT2D eigenvalue weighted by atomic mass is 10.2. The molecule has 0 radical (unpaired) electrons. The lowest BCUT2D eigenvalue weighted by Gasteiger charge is -2.09. The van der Waals surface area contributed by atoms with E-state index in [1.807, 2.05) is 24.3 Å². The number of nitrogens with zero attached hydrogens (tertiary/aromatic N) is 1. The number of ether oxygens (including phenoxy) is 1. The van der Waals surface area contributed by atoms with E-state index in [9.17, 15) is 4.79 Å². The topological polar surface area (TPSA) is 103 Å². The highest BCUT2D eigenvalue weighted by atomic mass is 16.5. The van der Waals surface area contributed by atoms with Crippen molar-refractivity contribution in [1.82, 2.24) is 4.98 Å². The highest BCUT2D eigenvalue weighted by molar-refractivity contribution is 5.95. The van der Waals surface area contributed by atoms with Crippen LogP contribution in [0.1, 0.15) is 15.9 Å². The molecule has 0 atom stereocenters. The maximum Gasteiger partial charge on any atom is 0.254 e. The molecule has 1 aromatic carbocycles. The molecule has 0 aliphatic carbocycles. The molecule has 1 aromatic heterocycles. The summed E-state index contributed by atoms with van der Waals surface area (Å²) in [7, 11) is 1.44. The monoisotopic (exact) mass is 272 g/mol. The number of pyridine rings is 1. The summed E-state index contributed by atoms with van der Waals surface area (Å²) in [6.07, 6.45) is 1.59. The number of nitrogen functional groups attached to an aromatic ring is 1. The standard InChI is InChI=1S/C14H16N4O2/c1-20-14-12(13(16)19)6-11(8-18-14)17-7-9-2-4-10(15)5-3-9/h2-6,8,17H,7,15H2,1H3,(H2,16,19). The first-order valence-electron chi connectivity index (χ1n) is 6.02. The van der Waals surface area contributed by atoms with Gasteiger partial charge < -0.3 is 21.5 Å². The fraction of sp³-hybridized carbons (Fsp3) is 0.143. The summed E-state index contributed by atoms with van der Waals surface area (Å²) >= 11 is 0. The first-order chi connectivity index (χ1) is 9.60. The molecule has 20 heavy (non-hydrogen) atoms. The molecular weight excluding hydrogens is 256 g/mol. The summed E-state index contributed by atoms with van der Waals surface area (Å²) in [6.45, 7) is 0.590. The van der Waals surface area contributed by atoms with Crippen molar-refractivity contribution in [2.24, 2.45) is 5.73 Å². The molecule has 0 saturated heterocycles. The normalized spacial score (nSPS) is 10.1. The lowest BCUT2D eigenvalue weighted by molar-refractivity contribution is 0.0996. The second kappa shape index (κ2) is 5.92. The van der Waals surface area contributed by atoms with Crippen LogP contribution in [0.15, 0.2) is 36.5 Å². The second-order valence-corrected chi connectivity index (χ2v) is 4.24. The molecule has 2 rings (SSSR count). The van der Waals surface area contributed by atoms with Gasteiger partial charge in [0.05, 0.1) is 19.0 Å². The molecular formula is C14H16N4O2. The third kappa shape index (κ3) is 3.17. The Morgan fingerprint density at radius 3 is 2.65 bits per heavy atom. The summed E-state index contributed by atoms with van der Waals surface area (Å²) in [5.74, 6) is -0.360. The van der Waals surface area contributed by atoms with Crippen LogP contribution in [-0.4, -0.2) is 18.0 Å². The number of rotatable bonds is 5. The number of hydrogen-bond donors (Lipinski definition) is 3. The van der Waals surface area contributed by atoms with Crippen molar-refractivity contribution in [3.8, 4) is 5.88 Å². The lowest BCUT2D eigenvalue weighted by Crippen LogP contribution is -2.14. The number of anilines is 2. The van der Waals surface area contributed by atoms with Gasteiger partial charge in [-0.15, -0.1) is 0 Å². The summed E-state index contributed by atoms with van der Waals surface area (Å²) in [5.41, 5.74) is 13.6. The van der Waals surface area contributed by atoms with Crippen LogP contribution < -0.4 is 21.5 Å². The van der Waals surface area contributed by atoms with E-state index in [0.717, 1.165) is 11.3 Å². The number of primary amides is 1. The predicted molar refractivity (Wildman–Crippen MR) is 77.5 cm³/mol. The summed E-state index contributed by atoms with van der Waals surface area (Å²) in [6, 6.07) is 9.13. The van der Waals surface area contributed by atoms with E-state index in [-0.39, 0.29) is 11.4 Å². The Balaban J connectivity index is 2.11. The van der Waals surface area contributed by atoms with E-state index < -0.39 is 5.91 Å². The molecule has 0 unspecified atom stereocenters. The second-order valence-electron chi connectivity index (χ2n) is 4.24. The first kappa shape index (κ1) is 13.7. The molecule has 0 spiro atoms. The smallest absolute Gasteiger partial charge is 0.254 e. The van der Waals surface area contributed by atoms with Crippen molar-refractivity contribution < 1.29 is 9.53 Å². The van der Waals surface area contributed by atoms with E-state index in [1.165, 1.54) is 7.11 Å². The molecule has 104 valence electrons. The van der Waals surface area contributed by atoms with Gasteiger partial charge in [-0.25, -0.2) is 4.98 Å². The Hall–Kier alpha value is -2.76. The fourth-order valence-electron chi connectivity index (χ4n) is 1.73. The van der Waals surface area contributed by atoms with Gasteiger partial charge in [0.2, 0.25) is 5.88 Å². The van der Waals surface area contributed by atoms with Crippen molar-refractivity contribution in [1.29, 1.82) is 0 Å². The van der Waals surface area contributed by atoms with Gasteiger partial charge in [-0.05, 0) is 23.8 Å². The summed E-state index contributed by atoms with van der Waals surface area (Å²) in [4.78, 5) is 15.3. The predicted octanol–water partition coefficient (Wildman–Crippen LogP) is 1.38. The van der Waals surface area contributed by atoms with E-state index in [2.05, 4.69) is 10.3 Å². The Kier molecular flexibility index (Phi) is 4.05.